The third-order valence-corrected chi connectivity index (χ3v) is 2.39. The summed E-state index contributed by atoms with van der Waals surface area (Å²) in [6.45, 7) is 3.05. The first kappa shape index (κ1) is 15.6. The van der Waals surface area contributed by atoms with E-state index in [9.17, 15) is 13.6 Å². The van der Waals surface area contributed by atoms with Gasteiger partial charge in [-0.3, -0.25) is 4.79 Å². The Morgan fingerprint density at radius 3 is 2.79 bits per heavy atom. The summed E-state index contributed by atoms with van der Waals surface area (Å²) in [5, 5.41) is 0. The SMILES string of the molecule is CC(=O)COCCC(F)COc1ccc(C)cc1F. The number of Topliss-reactive ketones (excluding diaryl/α,β-unsaturated/α-hetero) is 1. The lowest BCUT2D eigenvalue weighted by Crippen LogP contribution is -2.17. The molecule has 1 rings (SSSR count). The molecule has 0 aliphatic rings. The van der Waals surface area contributed by atoms with Gasteiger partial charge >= 0.3 is 0 Å². The van der Waals surface area contributed by atoms with Gasteiger partial charge in [0.05, 0.1) is 6.61 Å². The molecule has 1 unspecified atom stereocenters. The quantitative estimate of drug-likeness (QED) is 0.683. The van der Waals surface area contributed by atoms with Crippen molar-refractivity contribution in [1.82, 2.24) is 0 Å². The summed E-state index contributed by atoms with van der Waals surface area (Å²) in [5.74, 6) is -0.564. The minimum Gasteiger partial charge on any atom is -0.487 e. The number of ether oxygens (including phenoxy) is 2. The number of hydrogen-bond acceptors (Lipinski definition) is 3. The van der Waals surface area contributed by atoms with Gasteiger partial charge in [0.1, 0.15) is 19.4 Å². The molecular weight excluding hydrogens is 254 g/mol. The number of alkyl halides is 1. The zero-order chi connectivity index (χ0) is 14.3. The van der Waals surface area contributed by atoms with Gasteiger partial charge < -0.3 is 9.47 Å². The Hall–Kier alpha value is -1.49. The molecule has 0 aliphatic carbocycles. The van der Waals surface area contributed by atoms with Gasteiger partial charge in [-0.05, 0) is 31.5 Å². The van der Waals surface area contributed by atoms with Crippen molar-refractivity contribution in [2.24, 2.45) is 0 Å². The van der Waals surface area contributed by atoms with E-state index >= 15 is 0 Å². The Balaban J connectivity index is 2.26. The number of ketones is 1. The Morgan fingerprint density at radius 1 is 1.42 bits per heavy atom. The van der Waals surface area contributed by atoms with Crippen LogP contribution in [0.4, 0.5) is 8.78 Å². The van der Waals surface area contributed by atoms with Crippen LogP contribution in [0.25, 0.3) is 0 Å². The minimum atomic E-state index is -1.26. The lowest BCUT2D eigenvalue weighted by Gasteiger charge is -2.11. The molecule has 0 radical (unpaired) electrons. The standard InChI is InChI=1S/C14H18F2O3/c1-10-3-4-14(13(16)7-10)19-9-12(15)5-6-18-8-11(2)17/h3-4,7,12H,5-6,8-9H2,1-2H3. The van der Waals surface area contributed by atoms with Crippen molar-refractivity contribution < 1.29 is 23.0 Å². The molecule has 3 nitrogen and oxygen atoms in total. The van der Waals surface area contributed by atoms with Gasteiger partial charge in [0.15, 0.2) is 17.3 Å². The molecule has 0 saturated heterocycles. The van der Waals surface area contributed by atoms with Crippen LogP contribution in [0.5, 0.6) is 5.75 Å². The van der Waals surface area contributed by atoms with E-state index < -0.39 is 12.0 Å². The second-order valence-electron chi connectivity index (χ2n) is 4.39. The van der Waals surface area contributed by atoms with Crippen LogP contribution in [0.2, 0.25) is 0 Å². The zero-order valence-corrected chi connectivity index (χ0v) is 11.1. The van der Waals surface area contributed by atoms with Crippen LogP contribution in [-0.4, -0.2) is 31.8 Å². The predicted molar refractivity (Wildman–Crippen MR) is 67.6 cm³/mol. The molecule has 0 bridgehead atoms. The maximum absolute atomic E-state index is 13.4. The summed E-state index contributed by atoms with van der Waals surface area (Å²) in [4.78, 5) is 10.6. The van der Waals surface area contributed by atoms with Crippen LogP contribution in [0.3, 0.4) is 0 Å². The number of benzene rings is 1. The van der Waals surface area contributed by atoms with Gasteiger partial charge in [-0.2, -0.15) is 0 Å². The van der Waals surface area contributed by atoms with Gasteiger partial charge in [0.25, 0.3) is 0 Å². The highest BCUT2D eigenvalue weighted by molar-refractivity contribution is 5.76. The normalized spacial score (nSPS) is 12.2. The molecular formula is C14H18F2O3. The van der Waals surface area contributed by atoms with E-state index in [0.717, 1.165) is 5.56 Å². The second-order valence-corrected chi connectivity index (χ2v) is 4.39. The average Bonchev–Trinajstić information content (AvgIpc) is 2.33. The molecule has 0 N–H and O–H groups in total. The van der Waals surface area contributed by atoms with Crippen LogP contribution >= 0.6 is 0 Å². The first-order valence-corrected chi connectivity index (χ1v) is 6.09. The molecule has 0 fully saturated rings. The van der Waals surface area contributed by atoms with Crippen molar-refractivity contribution in [1.29, 1.82) is 0 Å². The van der Waals surface area contributed by atoms with Crippen molar-refractivity contribution in [2.75, 3.05) is 19.8 Å². The van der Waals surface area contributed by atoms with E-state index in [-0.39, 0.29) is 37.8 Å². The summed E-state index contributed by atoms with van der Waals surface area (Å²) in [6.07, 6.45) is -1.14. The Bertz CT molecular complexity index is 421. The van der Waals surface area contributed by atoms with Crippen LogP contribution in [0.15, 0.2) is 18.2 Å². The summed E-state index contributed by atoms with van der Waals surface area (Å²) < 4.78 is 36.8. The highest BCUT2D eigenvalue weighted by atomic mass is 19.1. The first-order chi connectivity index (χ1) is 8.99. The van der Waals surface area contributed by atoms with Gasteiger partial charge in [-0.1, -0.05) is 6.07 Å². The summed E-state index contributed by atoms with van der Waals surface area (Å²) in [7, 11) is 0. The van der Waals surface area contributed by atoms with Crippen molar-refractivity contribution in [3.63, 3.8) is 0 Å². The number of aryl methyl sites for hydroxylation is 1. The lowest BCUT2D eigenvalue weighted by molar-refractivity contribution is -0.121. The second kappa shape index (κ2) is 7.84. The molecule has 5 heteroatoms. The fourth-order valence-electron chi connectivity index (χ4n) is 1.41. The molecule has 0 aliphatic heterocycles. The van der Waals surface area contributed by atoms with Crippen molar-refractivity contribution in [3.8, 4) is 5.75 Å². The molecule has 19 heavy (non-hydrogen) atoms. The number of halogens is 2. The summed E-state index contributed by atoms with van der Waals surface area (Å²) >= 11 is 0. The highest BCUT2D eigenvalue weighted by Crippen LogP contribution is 2.18. The Morgan fingerprint density at radius 2 is 2.16 bits per heavy atom. The Kier molecular flexibility index (Phi) is 6.42. The van der Waals surface area contributed by atoms with Gasteiger partial charge in [0.2, 0.25) is 0 Å². The van der Waals surface area contributed by atoms with Crippen LogP contribution in [0.1, 0.15) is 18.9 Å². The Labute approximate surface area is 111 Å². The largest absolute Gasteiger partial charge is 0.487 e. The zero-order valence-electron chi connectivity index (χ0n) is 11.1. The number of carbonyl (C=O) groups is 1. The molecule has 1 aromatic rings. The van der Waals surface area contributed by atoms with Crippen molar-refractivity contribution in [2.45, 2.75) is 26.4 Å². The molecule has 0 saturated carbocycles. The first-order valence-electron chi connectivity index (χ1n) is 6.09. The van der Waals surface area contributed by atoms with Gasteiger partial charge in [-0.25, -0.2) is 8.78 Å². The predicted octanol–water partition coefficient (Wildman–Crippen LogP) is 2.85. The topological polar surface area (TPSA) is 35.5 Å². The summed E-state index contributed by atoms with van der Waals surface area (Å²) in [6, 6.07) is 4.50. The number of hydrogen-bond donors (Lipinski definition) is 0. The van der Waals surface area contributed by atoms with Crippen molar-refractivity contribution >= 4 is 5.78 Å². The average molecular weight is 272 g/mol. The third kappa shape index (κ3) is 6.29. The van der Waals surface area contributed by atoms with E-state index in [0.29, 0.717) is 0 Å². The van der Waals surface area contributed by atoms with Crippen LogP contribution in [0, 0.1) is 12.7 Å². The maximum atomic E-state index is 13.4. The maximum Gasteiger partial charge on any atom is 0.165 e. The fraction of sp³-hybridized carbons (Fsp3) is 0.500. The van der Waals surface area contributed by atoms with E-state index in [2.05, 4.69) is 0 Å². The summed E-state index contributed by atoms with van der Waals surface area (Å²) in [5.41, 5.74) is 0.777. The van der Waals surface area contributed by atoms with Crippen LogP contribution < -0.4 is 4.74 Å². The van der Waals surface area contributed by atoms with Crippen molar-refractivity contribution in [3.05, 3.63) is 29.6 Å². The molecule has 0 aromatic heterocycles. The van der Waals surface area contributed by atoms with E-state index in [4.69, 9.17) is 9.47 Å². The molecule has 1 atom stereocenters. The van der Waals surface area contributed by atoms with E-state index in [1.54, 1.807) is 13.0 Å². The lowest BCUT2D eigenvalue weighted by atomic mass is 10.2. The molecule has 0 spiro atoms. The fourth-order valence-corrected chi connectivity index (χ4v) is 1.41. The third-order valence-electron chi connectivity index (χ3n) is 2.39. The molecule has 1 aromatic carbocycles. The molecule has 106 valence electrons. The van der Waals surface area contributed by atoms with E-state index in [1.807, 2.05) is 0 Å². The monoisotopic (exact) mass is 272 g/mol. The number of carbonyl (C=O) groups excluding carboxylic acids is 1. The smallest absolute Gasteiger partial charge is 0.165 e. The molecule has 0 amide bonds. The van der Waals surface area contributed by atoms with Gasteiger partial charge in [-0.15, -0.1) is 0 Å². The highest BCUT2D eigenvalue weighted by Gasteiger charge is 2.10. The number of rotatable bonds is 8. The minimum absolute atomic E-state index is 0.0137. The van der Waals surface area contributed by atoms with Gasteiger partial charge in [0, 0.05) is 6.42 Å². The van der Waals surface area contributed by atoms with E-state index in [1.165, 1.54) is 19.1 Å². The van der Waals surface area contributed by atoms with Crippen LogP contribution in [-0.2, 0) is 9.53 Å². The molecule has 0 heterocycles.